The largest absolute Gasteiger partial charge is 0.508 e. The fraction of sp³-hybridized carbons (Fsp3) is 0.100. The van der Waals surface area contributed by atoms with Gasteiger partial charge < -0.3 is 9.84 Å². The molecule has 0 heterocycles. The lowest BCUT2D eigenvalue weighted by Gasteiger charge is -2.03. The van der Waals surface area contributed by atoms with Crippen LogP contribution in [-0.2, 0) is 4.79 Å². The average molecular weight is 178 g/mol. The summed E-state index contributed by atoms with van der Waals surface area (Å²) in [6.07, 6.45) is 3.59. The van der Waals surface area contributed by atoms with Crippen LogP contribution in [0.4, 0.5) is 0 Å². The van der Waals surface area contributed by atoms with E-state index in [1.54, 1.807) is 12.1 Å². The molecule has 1 rings (SSSR count). The second kappa shape index (κ2) is 4.30. The van der Waals surface area contributed by atoms with E-state index in [1.807, 2.05) is 0 Å². The van der Waals surface area contributed by atoms with Crippen LogP contribution in [0.15, 0.2) is 24.3 Å². The van der Waals surface area contributed by atoms with Crippen molar-refractivity contribution in [3.8, 4) is 11.5 Å². The van der Waals surface area contributed by atoms with Gasteiger partial charge in [0.1, 0.15) is 17.8 Å². The number of carbonyl (C=O) groups is 1. The summed E-state index contributed by atoms with van der Waals surface area (Å²) >= 11 is 0. The maximum Gasteiger partial charge on any atom is 0.142 e. The van der Waals surface area contributed by atoms with Crippen LogP contribution < -0.4 is 4.74 Å². The topological polar surface area (TPSA) is 46.5 Å². The number of benzene rings is 1. The first-order valence-corrected chi connectivity index (χ1v) is 3.77. The third-order valence-electron chi connectivity index (χ3n) is 1.57. The first kappa shape index (κ1) is 9.32. The molecule has 3 heteroatoms. The Bertz CT molecular complexity index is 329. The number of phenols is 1. The van der Waals surface area contributed by atoms with Gasteiger partial charge >= 0.3 is 0 Å². The molecule has 0 fully saturated rings. The Morgan fingerprint density at radius 3 is 2.85 bits per heavy atom. The van der Waals surface area contributed by atoms with Gasteiger partial charge in [0.15, 0.2) is 0 Å². The number of hydrogen-bond donors (Lipinski definition) is 1. The molecule has 0 amide bonds. The molecule has 1 N–H and O–H groups in total. The van der Waals surface area contributed by atoms with Crippen molar-refractivity contribution in [3.63, 3.8) is 0 Å². The molecule has 0 saturated heterocycles. The summed E-state index contributed by atoms with van der Waals surface area (Å²) in [5.41, 5.74) is 0.676. The lowest BCUT2D eigenvalue weighted by molar-refractivity contribution is -0.104. The van der Waals surface area contributed by atoms with Crippen LogP contribution in [0.5, 0.6) is 11.5 Å². The summed E-state index contributed by atoms with van der Waals surface area (Å²) in [6, 6.07) is 4.69. The number of allylic oxidation sites excluding steroid dienone is 1. The van der Waals surface area contributed by atoms with Gasteiger partial charge in [0.05, 0.1) is 7.11 Å². The highest BCUT2D eigenvalue weighted by atomic mass is 16.5. The number of methoxy groups -OCH3 is 1. The van der Waals surface area contributed by atoms with E-state index in [-0.39, 0.29) is 5.75 Å². The Morgan fingerprint density at radius 2 is 2.23 bits per heavy atom. The predicted molar refractivity (Wildman–Crippen MR) is 49.8 cm³/mol. The summed E-state index contributed by atoms with van der Waals surface area (Å²) in [7, 11) is 1.53. The summed E-state index contributed by atoms with van der Waals surface area (Å²) in [5.74, 6) is 0.766. The van der Waals surface area contributed by atoms with E-state index >= 15 is 0 Å². The van der Waals surface area contributed by atoms with E-state index in [0.29, 0.717) is 17.6 Å². The van der Waals surface area contributed by atoms with E-state index in [2.05, 4.69) is 0 Å². The molecule has 0 spiro atoms. The third kappa shape index (κ3) is 2.33. The van der Waals surface area contributed by atoms with Gasteiger partial charge in [0.2, 0.25) is 0 Å². The normalized spacial score (nSPS) is 10.2. The lowest BCUT2D eigenvalue weighted by Crippen LogP contribution is -1.85. The van der Waals surface area contributed by atoms with Crippen molar-refractivity contribution >= 4 is 12.4 Å². The Morgan fingerprint density at radius 1 is 1.46 bits per heavy atom. The van der Waals surface area contributed by atoms with Crippen LogP contribution in [0, 0.1) is 0 Å². The van der Waals surface area contributed by atoms with Crippen LogP contribution in [-0.4, -0.2) is 18.5 Å². The number of aldehydes is 1. The summed E-state index contributed by atoms with van der Waals surface area (Å²) in [6.45, 7) is 0. The van der Waals surface area contributed by atoms with E-state index in [0.717, 1.165) is 0 Å². The quantitative estimate of drug-likeness (QED) is 0.565. The number of phenolic OH excluding ortho intramolecular Hbond substituents is 1. The third-order valence-corrected chi connectivity index (χ3v) is 1.57. The summed E-state index contributed by atoms with van der Waals surface area (Å²) in [5, 5.41) is 9.15. The number of ether oxygens (including phenoxy) is 1. The maximum absolute atomic E-state index is 10.1. The molecule has 3 nitrogen and oxygen atoms in total. The average Bonchev–Trinajstić information content (AvgIpc) is 2.15. The molecular formula is C10H10O3. The second-order valence-corrected chi connectivity index (χ2v) is 2.42. The van der Waals surface area contributed by atoms with Crippen molar-refractivity contribution in [1.82, 2.24) is 0 Å². The standard InChI is InChI=1S/C10H10O3/c1-13-10-5-4-9(12)7-8(10)3-2-6-11/h2-7,12H,1H3. The molecule has 0 radical (unpaired) electrons. The molecular weight excluding hydrogens is 168 g/mol. The van der Waals surface area contributed by atoms with Crippen molar-refractivity contribution in [2.75, 3.05) is 7.11 Å². The SMILES string of the molecule is COc1ccc(O)cc1C=CC=O. The molecule has 68 valence electrons. The van der Waals surface area contributed by atoms with Crippen LogP contribution >= 0.6 is 0 Å². The molecule has 0 aliphatic carbocycles. The van der Waals surface area contributed by atoms with E-state index in [1.165, 1.54) is 25.3 Å². The monoisotopic (exact) mass is 178 g/mol. The molecule has 1 aromatic rings. The van der Waals surface area contributed by atoms with E-state index < -0.39 is 0 Å². The number of aromatic hydroxyl groups is 1. The molecule has 1 aromatic carbocycles. The van der Waals surface area contributed by atoms with E-state index in [9.17, 15) is 4.79 Å². The molecule has 0 bridgehead atoms. The maximum atomic E-state index is 10.1. The van der Waals surface area contributed by atoms with Crippen LogP contribution in [0.25, 0.3) is 6.08 Å². The van der Waals surface area contributed by atoms with E-state index in [4.69, 9.17) is 9.84 Å². The predicted octanol–water partition coefficient (Wildman–Crippen LogP) is 1.61. The van der Waals surface area contributed by atoms with Gasteiger partial charge in [-0.05, 0) is 30.4 Å². The molecule has 0 aromatic heterocycles. The van der Waals surface area contributed by atoms with Crippen molar-refractivity contribution in [2.45, 2.75) is 0 Å². The molecule has 0 aliphatic heterocycles. The summed E-state index contributed by atoms with van der Waals surface area (Å²) in [4.78, 5) is 10.1. The number of carbonyl (C=O) groups excluding carboxylic acids is 1. The molecule has 0 aliphatic rings. The van der Waals surface area contributed by atoms with Crippen molar-refractivity contribution in [3.05, 3.63) is 29.8 Å². The van der Waals surface area contributed by atoms with Crippen LogP contribution in [0.1, 0.15) is 5.56 Å². The second-order valence-electron chi connectivity index (χ2n) is 2.42. The Hall–Kier alpha value is -1.77. The number of rotatable bonds is 3. The minimum absolute atomic E-state index is 0.145. The van der Waals surface area contributed by atoms with Gasteiger partial charge in [-0.15, -0.1) is 0 Å². The minimum atomic E-state index is 0.145. The smallest absolute Gasteiger partial charge is 0.142 e. The zero-order chi connectivity index (χ0) is 9.68. The molecule has 0 atom stereocenters. The Balaban J connectivity index is 3.07. The van der Waals surface area contributed by atoms with Crippen molar-refractivity contribution in [1.29, 1.82) is 0 Å². The van der Waals surface area contributed by atoms with Crippen molar-refractivity contribution in [2.24, 2.45) is 0 Å². The van der Waals surface area contributed by atoms with Crippen LogP contribution in [0.3, 0.4) is 0 Å². The van der Waals surface area contributed by atoms with Gasteiger partial charge in [-0.25, -0.2) is 0 Å². The minimum Gasteiger partial charge on any atom is -0.508 e. The van der Waals surface area contributed by atoms with Gasteiger partial charge in [-0.1, -0.05) is 0 Å². The van der Waals surface area contributed by atoms with Gasteiger partial charge in [0, 0.05) is 5.56 Å². The number of hydrogen-bond acceptors (Lipinski definition) is 3. The Labute approximate surface area is 76.3 Å². The van der Waals surface area contributed by atoms with Gasteiger partial charge in [0.25, 0.3) is 0 Å². The summed E-state index contributed by atoms with van der Waals surface area (Å²) < 4.78 is 5.02. The molecule has 0 unspecified atom stereocenters. The molecule has 0 saturated carbocycles. The molecule has 13 heavy (non-hydrogen) atoms. The highest BCUT2D eigenvalue weighted by Crippen LogP contribution is 2.23. The zero-order valence-electron chi connectivity index (χ0n) is 7.23. The lowest BCUT2D eigenvalue weighted by atomic mass is 10.2. The first-order valence-electron chi connectivity index (χ1n) is 3.77. The van der Waals surface area contributed by atoms with Crippen molar-refractivity contribution < 1.29 is 14.6 Å². The van der Waals surface area contributed by atoms with Gasteiger partial charge in [-0.2, -0.15) is 0 Å². The fourth-order valence-corrected chi connectivity index (χ4v) is 0.995. The fourth-order valence-electron chi connectivity index (χ4n) is 0.995. The Kier molecular flexibility index (Phi) is 3.09. The van der Waals surface area contributed by atoms with Gasteiger partial charge in [-0.3, -0.25) is 4.79 Å². The highest BCUT2D eigenvalue weighted by molar-refractivity contribution is 5.75. The first-order chi connectivity index (χ1) is 6.27. The zero-order valence-corrected chi connectivity index (χ0v) is 7.23. The van der Waals surface area contributed by atoms with Crippen LogP contribution in [0.2, 0.25) is 0 Å². The highest BCUT2D eigenvalue weighted by Gasteiger charge is 1.99.